The Morgan fingerprint density at radius 1 is 1.28 bits per heavy atom. The molecule has 2 atom stereocenters. The lowest BCUT2D eigenvalue weighted by molar-refractivity contribution is -0.327. The van der Waals surface area contributed by atoms with Crippen LogP contribution in [0.2, 0.25) is 0 Å². The summed E-state index contributed by atoms with van der Waals surface area (Å²) >= 11 is 0. The lowest BCUT2D eigenvalue weighted by Gasteiger charge is -2.23. The molecule has 0 saturated carbocycles. The van der Waals surface area contributed by atoms with E-state index in [1.165, 1.54) is 20.5 Å². The fourth-order valence-corrected chi connectivity index (χ4v) is 4.57. The second-order valence-corrected chi connectivity index (χ2v) is 8.77. The number of hydrogen-bond acceptors (Lipinski definition) is 7. The number of ether oxygens (including phenoxy) is 1. The number of halogens is 5. The molecule has 5 rings (SSSR count). The minimum atomic E-state index is -4.88. The van der Waals surface area contributed by atoms with Gasteiger partial charge in [-0.2, -0.15) is 5.10 Å². The second-order valence-electron chi connectivity index (χ2n) is 8.77. The van der Waals surface area contributed by atoms with Crippen LogP contribution in [0.5, 0.6) is 0 Å². The summed E-state index contributed by atoms with van der Waals surface area (Å²) in [6.07, 6.45) is -1.36. The largest absolute Gasteiger partial charge is 0.522 e. The summed E-state index contributed by atoms with van der Waals surface area (Å²) in [5.41, 5.74) is 5.85. The van der Waals surface area contributed by atoms with Crippen LogP contribution in [0.25, 0.3) is 22.1 Å². The van der Waals surface area contributed by atoms with Gasteiger partial charge in [0, 0.05) is 19.7 Å². The number of fused-ring (bicyclic) bond motifs is 2. The van der Waals surface area contributed by atoms with Gasteiger partial charge in [0.25, 0.3) is 0 Å². The molecule has 39 heavy (non-hydrogen) atoms. The van der Waals surface area contributed by atoms with Gasteiger partial charge in [-0.3, -0.25) is 9.53 Å². The number of aromatic nitrogens is 6. The number of benzene rings is 1. The van der Waals surface area contributed by atoms with Crippen molar-refractivity contribution >= 4 is 33.8 Å². The quantitative estimate of drug-likeness (QED) is 0.238. The van der Waals surface area contributed by atoms with E-state index >= 15 is 4.39 Å². The van der Waals surface area contributed by atoms with Gasteiger partial charge >= 0.3 is 6.36 Å². The zero-order valence-electron chi connectivity index (χ0n) is 20.2. The van der Waals surface area contributed by atoms with Gasteiger partial charge in [-0.25, -0.2) is 28.4 Å². The number of likely N-dealkylation sites (tertiary alicyclic amines) is 1. The molecule has 1 fully saturated rings. The van der Waals surface area contributed by atoms with Crippen molar-refractivity contribution in [3.63, 3.8) is 0 Å². The molecule has 4 aromatic rings. The van der Waals surface area contributed by atoms with Crippen LogP contribution in [0.3, 0.4) is 0 Å². The summed E-state index contributed by atoms with van der Waals surface area (Å²) in [4.78, 5) is 25.6. The maximum Gasteiger partial charge on any atom is 0.522 e. The van der Waals surface area contributed by atoms with Crippen LogP contribution in [-0.2, 0) is 16.6 Å². The Bertz CT molecular complexity index is 1680. The summed E-state index contributed by atoms with van der Waals surface area (Å²) in [5.74, 6) is 2.59. The highest BCUT2D eigenvalue weighted by Crippen LogP contribution is 2.33. The number of aryl methyl sites for hydroxylation is 1. The van der Waals surface area contributed by atoms with E-state index in [0.717, 1.165) is 18.5 Å². The molecule has 0 bridgehead atoms. The van der Waals surface area contributed by atoms with Crippen LogP contribution in [0.15, 0.2) is 31.4 Å². The molecule has 2 N–H and O–H groups in total. The summed E-state index contributed by atoms with van der Waals surface area (Å²) < 4.78 is 74.6. The number of hydrogen-bond donors (Lipinski definition) is 1. The van der Waals surface area contributed by atoms with E-state index in [9.17, 15) is 22.4 Å². The van der Waals surface area contributed by atoms with Crippen LogP contribution in [0.1, 0.15) is 23.7 Å². The molecular formula is C24H19F5N8O2. The molecule has 10 nitrogen and oxygen atoms in total. The van der Waals surface area contributed by atoms with Crippen molar-refractivity contribution < 1.29 is 31.5 Å². The normalized spacial score (nSPS) is 17.5. The molecule has 0 radical (unpaired) electrons. The van der Waals surface area contributed by atoms with Gasteiger partial charge in [0.15, 0.2) is 11.5 Å². The van der Waals surface area contributed by atoms with Crippen LogP contribution in [-0.4, -0.2) is 65.7 Å². The number of nitrogens with zero attached hydrogens (tertiary/aromatic N) is 7. The fourth-order valence-electron chi connectivity index (χ4n) is 4.57. The van der Waals surface area contributed by atoms with E-state index < -0.39 is 48.2 Å². The van der Waals surface area contributed by atoms with Gasteiger partial charge in [-0.05, 0) is 18.4 Å². The minimum absolute atomic E-state index is 0.0143. The fraction of sp³-hybridized carbons (Fsp3) is 0.292. The van der Waals surface area contributed by atoms with Crippen molar-refractivity contribution in [1.82, 2.24) is 34.2 Å². The lowest BCUT2D eigenvalue weighted by Crippen LogP contribution is -2.38. The van der Waals surface area contributed by atoms with Crippen LogP contribution in [0, 0.1) is 23.5 Å². The number of carbonyl (C=O) groups is 1. The Morgan fingerprint density at radius 2 is 2.05 bits per heavy atom. The summed E-state index contributed by atoms with van der Waals surface area (Å²) in [6.45, 7) is 2.57. The lowest BCUT2D eigenvalue weighted by atomic mass is 10.1. The molecule has 0 spiro atoms. The molecule has 1 amide bonds. The van der Waals surface area contributed by atoms with Crippen molar-refractivity contribution in [2.75, 3.05) is 18.9 Å². The summed E-state index contributed by atoms with van der Waals surface area (Å²) in [6, 6.07) is -0.485. The van der Waals surface area contributed by atoms with Gasteiger partial charge in [0.2, 0.25) is 5.91 Å². The van der Waals surface area contributed by atoms with Crippen molar-refractivity contribution in [3.8, 4) is 11.8 Å². The van der Waals surface area contributed by atoms with Crippen LogP contribution >= 0.6 is 0 Å². The highest BCUT2D eigenvalue weighted by molar-refractivity contribution is 5.91. The first-order chi connectivity index (χ1) is 18.5. The second kappa shape index (κ2) is 9.62. The molecule has 0 aliphatic carbocycles. The average Bonchev–Trinajstić information content (AvgIpc) is 3.58. The molecule has 15 heteroatoms. The minimum Gasteiger partial charge on any atom is -0.383 e. The highest BCUT2D eigenvalue weighted by atomic mass is 19.4. The Morgan fingerprint density at radius 3 is 2.77 bits per heavy atom. The van der Waals surface area contributed by atoms with Crippen LogP contribution in [0.4, 0.5) is 27.8 Å². The first kappa shape index (κ1) is 26.0. The van der Waals surface area contributed by atoms with Gasteiger partial charge in [-0.15, -0.1) is 13.2 Å². The Balaban J connectivity index is 1.55. The summed E-state index contributed by atoms with van der Waals surface area (Å²) in [5, 5.41) is 4.59. The van der Waals surface area contributed by atoms with Gasteiger partial charge in [0.1, 0.15) is 29.2 Å². The standard InChI is InChI=1S/C24H19F5N8O2/c1-3-18(38)36-8-12(6-13(36)9-39-24(27,28)29)37-23-19(22(30)31-10-32-23)16(34-37)5-4-14-15(25)7-17-21(20(14)26)33-11-35(17)2/h3,7,10-13H,1,6,8-9H2,2H3,(H2,30,31,32)/t12-,13+/m0/s1. The molecule has 4 heterocycles. The van der Waals surface area contributed by atoms with Gasteiger partial charge in [0.05, 0.1) is 41.5 Å². The number of anilines is 1. The molecule has 1 aliphatic heterocycles. The number of nitrogens with two attached hydrogens (primary N) is 1. The first-order valence-corrected chi connectivity index (χ1v) is 11.4. The maximum atomic E-state index is 15.0. The SMILES string of the molecule is C=CC(=O)N1C[C@@H](n2nc(C#Cc3c(F)cc4c(ncn4C)c3F)c3c(N)ncnc32)C[C@@H]1COC(F)(F)F. The molecule has 202 valence electrons. The average molecular weight is 546 g/mol. The van der Waals surface area contributed by atoms with Gasteiger partial charge in [-0.1, -0.05) is 12.5 Å². The Labute approximate surface area is 216 Å². The summed E-state index contributed by atoms with van der Waals surface area (Å²) in [7, 11) is 1.59. The monoisotopic (exact) mass is 546 g/mol. The van der Waals surface area contributed by atoms with E-state index in [1.54, 1.807) is 7.05 Å². The van der Waals surface area contributed by atoms with E-state index in [2.05, 4.69) is 43.2 Å². The number of rotatable bonds is 4. The van der Waals surface area contributed by atoms with E-state index in [0.29, 0.717) is 0 Å². The van der Waals surface area contributed by atoms with Crippen molar-refractivity contribution in [3.05, 3.63) is 54.3 Å². The first-order valence-electron chi connectivity index (χ1n) is 11.4. The maximum absolute atomic E-state index is 15.0. The third-order valence-corrected chi connectivity index (χ3v) is 6.37. The topological polar surface area (TPSA) is 117 Å². The van der Waals surface area contributed by atoms with Crippen molar-refractivity contribution in [1.29, 1.82) is 0 Å². The van der Waals surface area contributed by atoms with E-state index in [1.807, 2.05) is 0 Å². The Hall–Kier alpha value is -4.58. The zero-order valence-corrected chi connectivity index (χ0v) is 20.2. The van der Waals surface area contributed by atoms with E-state index in [4.69, 9.17) is 5.73 Å². The predicted octanol–water partition coefficient (Wildman–Crippen LogP) is 2.84. The molecule has 1 saturated heterocycles. The van der Waals surface area contributed by atoms with Gasteiger partial charge < -0.3 is 15.2 Å². The van der Waals surface area contributed by atoms with Crippen molar-refractivity contribution in [2.24, 2.45) is 7.05 Å². The number of amides is 1. The third-order valence-electron chi connectivity index (χ3n) is 6.37. The molecule has 3 aromatic heterocycles. The number of alkyl halides is 3. The van der Waals surface area contributed by atoms with E-state index in [-0.39, 0.29) is 46.5 Å². The molecule has 0 unspecified atom stereocenters. The Kier molecular flexibility index (Phi) is 6.43. The zero-order chi connectivity index (χ0) is 28.1. The number of nitrogen functional groups attached to an aromatic ring is 1. The smallest absolute Gasteiger partial charge is 0.383 e. The number of carbonyl (C=O) groups excluding carboxylic acids is 1. The molecule has 1 aromatic carbocycles. The van der Waals surface area contributed by atoms with Crippen LogP contribution < -0.4 is 5.73 Å². The van der Waals surface area contributed by atoms with Crippen molar-refractivity contribution in [2.45, 2.75) is 24.9 Å². The highest BCUT2D eigenvalue weighted by Gasteiger charge is 2.40. The molecule has 1 aliphatic rings. The predicted molar refractivity (Wildman–Crippen MR) is 128 cm³/mol. The molecular weight excluding hydrogens is 527 g/mol. The number of imidazole rings is 1. The third kappa shape index (κ3) is 4.74.